The summed E-state index contributed by atoms with van der Waals surface area (Å²) in [5.74, 6) is 0. The lowest BCUT2D eigenvalue weighted by molar-refractivity contribution is -0.137. The summed E-state index contributed by atoms with van der Waals surface area (Å²) in [7, 11) is 0. The molecule has 1 aromatic rings. The molecule has 0 amide bonds. The Morgan fingerprint density at radius 3 is 2.74 bits per heavy atom. The number of nitriles is 1. The van der Waals surface area contributed by atoms with Crippen LogP contribution in [0.15, 0.2) is 29.4 Å². The van der Waals surface area contributed by atoms with Crippen LogP contribution < -0.4 is 0 Å². The van der Waals surface area contributed by atoms with Crippen LogP contribution in [0.1, 0.15) is 23.1 Å². The second-order valence-corrected chi connectivity index (χ2v) is 3.56. The van der Waals surface area contributed by atoms with Crippen LogP contribution in [0.2, 0.25) is 0 Å². The third kappa shape index (κ3) is 4.37. The summed E-state index contributed by atoms with van der Waals surface area (Å²) in [5.41, 5.74) is 7.56. The van der Waals surface area contributed by atoms with E-state index in [1.807, 2.05) is 0 Å². The first kappa shape index (κ1) is 14.6. The quantitative estimate of drug-likeness (QED) is 0.346. The van der Waals surface area contributed by atoms with Gasteiger partial charge in [0.2, 0.25) is 0 Å². The predicted molar refractivity (Wildman–Crippen MR) is 63.8 cm³/mol. The van der Waals surface area contributed by atoms with Gasteiger partial charge >= 0.3 is 6.18 Å². The molecule has 0 aromatic heterocycles. The van der Waals surface area contributed by atoms with Crippen LogP contribution >= 0.6 is 0 Å². The molecule has 0 fully saturated rings. The van der Waals surface area contributed by atoms with Gasteiger partial charge in [0.05, 0.1) is 17.2 Å². The molecule has 1 aromatic carbocycles. The normalized spacial score (nSPS) is 11.1. The van der Waals surface area contributed by atoms with Crippen molar-refractivity contribution in [3.8, 4) is 6.07 Å². The molecule has 0 atom stereocenters. The maximum atomic E-state index is 12.5. The van der Waals surface area contributed by atoms with Gasteiger partial charge < -0.3 is 0 Å². The van der Waals surface area contributed by atoms with Crippen LogP contribution in [0.25, 0.3) is 16.5 Å². The Bertz CT molecular complexity index is 563. The first-order valence-corrected chi connectivity index (χ1v) is 5.28. The molecule has 0 spiro atoms. The molecule has 19 heavy (non-hydrogen) atoms. The highest BCUT2D eigenvalue weighted by atomic mass is 19.4. The molecule has 1 rings (SSSR count). The molecule has 0 unspecified atom stereocenters. The maximum absolute atomic E-state index is 12.5. The van der Waals surface area contributed by atoms with Gasteiger partial charge in [0.1, 0.15) is 0 Å². The predicted octanol–water partition coefficient (Wildman–Crippen LogP) is 4.29. The summed E-state index contributed by atoms with van der Waals surface area (Å²) in [4.78, 5) is 2.57. The highest BCUT2D eigenvalue weighted by Crippen LogP contribution is 2.30. The minimum atomic E-state index is -4.46. The standard InChI is InChI=1S/C12H9F3N4/c13-12(14,15)11-5-4-9(10(7-11)8-16)3-1-2-6-18-19-17/h1,3-5,7H,2,6H2. The number of benzene rings is 1. The molecule has 0 N–H and O–H groups in total. The van der Waals surface area contributed by atoms with Crippen molar-refractivity contribution in [3.63, 3.8) is 0 Å². The lowest BCUT2D eigenvalue weighted by Gasteiger charge is -2.07. The smallest absolute Gasteiger partial charge is 0.192 e. The molecule has 0 aliphatic heterocycles. The fraction of sp³-hybridized carbons (Fsp3) is 0.250. The molecule has 7 heteroatoms. The van der Waals surface area contributed by atoms with Crippen molar-refractivity contribution in [1.29, 1.82) is 5.26 Å². The fourth-order valence-electron chi connectivity index (χ4n) is 1.36. The number of rotatable bonds is 4. The number of azide groups is 1. The Balaban J connectivity index is 2.91. The van der Waals surface area contributed by atoms with Gasteiger partial charge in [-0.25, -0.2) is 0 Å². The molecule has 98 valence electrons. The van der Waals surface area contributed by atoms with E-state index in [9.17, 15) is 13.2 Å². The van der Waals surface area contributed by atoms with Crippen LogP contribution in [0.5, 0.6) is 0 Å². The summed E-state index contributed by atoms with van der Waals surface area (Å²) >= 11 is 0. The van der Waals surface area contributed by atoms with E-state index >= 15 is 0 Å². The van der Waals surface area contributed by atoms with E-state index < -0.39 is 11.7 Å². The van der Waals surface area contributed by atoms with Crippen molar-refractivity contribution in [1.82, 2.24) is 0 Å². The van der Waals surface area contributed by atoms with Crippen molar-refractivity contribution >= 4 is 6.08 Å². The number of alkyl halides is 3. The van der Waals surface area contributed by atoms with E-state index in [0.717, 1.165) is 12.1 Å². The summed E-state index contributed by atoms with van der Waals surface area (Å²) in [6.45, 7) is 0.259. The van der Waals surface area contributed by atoms with Gasteiger partial charge in [0.25, 0.3) is 0 Å². The zero-order valence-electron chi connectivity index (χ0n) is 9.72. The van der Waals surface area contributed by atoms with Crippen molar-refractivity contribution in [2.75, 3.05) is 6.54 Å². The van der Waals surface area contributed by atoms with E-state index in [2.05, 4.69) is 10.0 Å². The third-order valence-electron chi connectivity index (χ3n) is 2.26. The zero-order chi connectivity index (χ0) is 14.3. The highest BCUT2D eigenvalue weighted by Gasteiger charge is 2.30. The third-order valence-corrected chi connectivity index (χ3v) is 2.26. The molecular formula is C12H9F3N4. The molecule has 0 aliphatic carbocycles. The second kappa shape index (κ2) is 6.47. The van der Waals surface area contributed by atoms with Gasteiger partial charge in [0.15, 0.2) is 0 Å². The molecule has 0 heterocycles. The van der Waals surface area contributed by atoms with E-state index in [-0.39, 0.29) is 12.1 Å². The first-order valence-electron chi connectivity index (χ1n) is 5.28. The Kier molecular flexibility index (Phi) is 4.98. The molecule has 0 aliphatic rings. The lowest BCUT2D eigenvalue weighted by Crippen LogP contribution is -2.05. The Hall–Kier alpha value is -2.45. The van der Waals surface area contributed by atoms with E-state index in [1.165, 1.54) is 12.1 Å². The molecule has 4 nitrogen and oxygen atoms in total. The van der Waals surface area contributed by atoms with Crippen LogP contribution in [0.3, 0.4) is 0 Å². The Morgan fingerprint density at radius 2 is 2.16 bits per heavy atom. The monoisotopic (exact) mass is 266 g/mol. The number of halogens is 3. The van der Waals surface area contributed by atoms with Crippen LogP contribution in [0, 0.1) is 11.3 Å². The fourth-order valence-corrected chi connectivity index (χ4v) is 1.36. The van der Waals surface area contributed by atoms with E-state index in [1.54, 1.807) is 12.1 Å². The van der Waals surface area contributed by atoms with Gasteiger partial charge in [-0.3, -0.25) is 0 Å². The number of nitrogens with zero attached hydrogens (tertiary/aromatic N) is 4. The summed E-state index contributed by atoms with van der Waals surface area (Å²) < 4.78 is 37.4. The average Bonchev–Trinajstić information content (AvgIpc) is 2.37. The van der Waals surface area contributed by atoms with Crippen LogP contribution in [0.4, 0.5) is 13.2 Å². The van der Waals surface area contributed by atoms with Gasteiger partial charge in [-0.2, -0.15) is 18.4 Å². The lowest BCUT2D eigenvalue weighted by atomic mass is 10.0. The van der Waals surface area contributed by atoms with Crippen molar-refractivity contribution < 1.29 is 13.2 Å². The van der Waals surface area contributed by atoms with Gasteiger partial charge in [-0.05, 0) is 29.6 Å². The van der Waals surface area contributed by atoms with Gasteiger partial charge in [-0.1, -0.05) is 23.3 Å². The molecule has 0 radical (unpaired) electrons. The van der Waals surface area contributed by atoms with Crippen molar-refractivity contribution in [2.45, 2.75) is 12.6 Å². The zero-order valence-corrected chi connectivity index (χ0v) is 9.72. The molecule has 0 saturated heterocycles. The Labute approximate surface area is 107 Å². The van der Waals surface area contributed by atoms with Crippen LogP contribution in [-0.4, -0.2) is 6.54 Å². The summed E-state index contributed by atoms with van der Waals surface area (Å²) in [6, 6.07) is 4.71. The minimum absolute atomic E-state index is 0.0464. The van der Waals surface area contributed by atoms with Gasteiger partial charge in [0, 0.05) is 11.5 Å². The van der Waals surface area contributed by atoms with E-state index in [4.69, 9.17) is 10.8 Å². The van der Waals surface area contributed by atoms with Crippen molar-refractivity contribution in [3.05, 3.63) is 51.4 Å². The number of hydrogen-bond acceptors (Lipinski definition) is 2. The average molecular weight is 266 g/mol. The SMILES string of the molecule is N#Cc1cc(C(F)(F)F)ccc1C=CCCN=[N+]=[N-]. The second-order valence-electron chi connectivity index (χ2n) is 3.56. The first-order chi connectivity index (χ1) is 8.99. The molecule has 0 bridgehead atoms. The minimum Gasteiger partial charge on any atom is -0.192 e. The largest absolute Gasteiger partial charge is 0.416 e. The maximum Gasteiger partial charge on any atom is 0.416 e. The number of hydrogen-bond donors (Lipinski definition) is 0. The molecular weight excluding hydrogens is 257 g/mol. The van der Waals surface area contributed by atoms with E-state index in [0.29, 0.717) is 12.0 Å². The molecule has 0 saturated carbocycles. The summed E-state index contributed by atoms with van der Waals surface area (Å²) in [5, 5.41) is 12.1. The highest BCUT2D eigenvalue weighted by molar-refractivity contribution is 5.59. The van der Waals surface area contributed by atoms with Gasteiger partial charge in [-0.15, -0.1) is 0 Å². The van der Waals surface area contributed by atoms with Crippen molar-refractivity contribution in [2.24, 2.45) is 5.11 Å². The Morgan fingerprint density at radius 1 is 1.42 bits per heavy atom. The van der Waals surface area contributed by atoms with Crippen LogP contribution in [-0.2, 0) is 6.18 Å². The summed E-state index contributed by atoms with van der Waals surface area (Å²) in [6.07, 6.45) is -0.838. The topological polar surface area (TPSA) is 72.5 Å².